The normalized spacial score (nSPS) is 11.0. The van der Waals surface area contributed by atoms with Gasteiger partial charge < -0.3 is 30.7 Å². The molecule has 0 heterocycles. The highest BCUT2D eigenvalue weighted by atomic mass is 32.1. The first-order chi connectivity index (χ1) is 17.2. The van der Waals surface area contributed by atoms with Crippen LogP contribution in [-0.2, 0) is 9.59 Å². The highest BCUT2D eigenvalue weighted by molar-refractivity contribution is 7.84. The van der Waals surface area contributed by atoms with Crippen molar-refractivity contribution in [1.29, 1.82) is 10.5 Å². The number of nitrogens with one attached hydrogen (secondary N) is 4. The summed E-state index contributed by atoms with van der Waals surface area (Å²) in [6, 6.07) is 17.7. The zero-order chi connectivity index (χ0) is 27.1. The predicted octanol–water partition coefficient (Wildman–Crippen LogP) is 3.04. The molecule has 0 saturated heterocycles. The standard InChI is InChI=1S/2C12H13N3O2S/c2*1-14-11(16)10(7-13)12(18)15-8-3-5-9(17-2)6-4-8/h2*3-6,15,18H,1-2H3,(H,14,16)/b2*12-10-. The Morgan fingerprint density at radius 2 is 1.00 bits per heavy atom. The Morgan fingerprint density at radius 3 is 1.22 bits per heavy atom. The lowest BCUT2D eigenvalue weighted by molar-refractivity contribution is -0.117. The summed E-state index contributed by atoms with van der Waals surface area (Å²) in [7, 11) is 6.06. The summed E-state index contributed by atoms with van der Waals surface area (Å²) in [4.78, 5) is 22.7. The number of hydrogen-bond donors (Lipinski definition) is 6. The number of carbonyl (C=O) groups is 2. The van der Waals surface area contributed by atoms with Crippen molar-refractivity contribution in [3.63, 3.8) is 0 Å². The number of hydrogen-bond acceptors (Lipinski definition) is 10. The number of amides is 2. The molecule has 0 aliphatic heterocycles. The largest absolute Gasteiger partial charge is 0.497 e. The van der Waals surface area contributed by atoms with Gasteiger partial charge in [0, 0.05) is 25.5 Å². The third kappa shape index (κ3) is 9.18. The van der Waals surface area contributed by atoms with E-state index < -0.39 is 11.8 Å². The number of thiol groups is 2. The van der Waals surface area contributed by atoms with Crippen molar-refractivity contribution >= 4 is 48.4 Å². The van der Waals surface area contributed by atoms with Gasteiger partial charge in [0.05, 0.1) is 24.3 Å². The van der Waals surface area contributed by atoms with E-state index in [9.17, 15) is 9.59 Å². The summed E-state index contributed by atoms with van der Waals surface area (Å²) in [5, 5.41) is 28.6. The van der Waals surface area contributed by atoms with Crippen molar-refractivity contribution < 1.29 is 19.1 Å². The Labute approximate surface area is 220 Å². The average Bonchev–Trinajstić information content (AvgIpc) is 2.90. The molecule has 0 aromatic heterocycles. The van der Waals surface area contributed by atoms with Crippen molar-refractivity contribution in [3.05, 3.63) is 69.7 Å². The van der Waals surface area contributed by atoms with Crippen LogP contribution in [0.2, 0.25) is 0 Å². The first-order valence-electron chi connectivity index (χ1n) is 10.2. The Balaban J connectivity index is 0.000000360. The van der Waals surface area contributed by atoms with Gasteiger partial charge in [0.2, 0.25) is 0 Å². The van der Waals surface area contributed by atoms with Crippen LogP contribution in [0.25, 0.3) is 0 Å². The summed E-state index contributed by atoms with van der Waals surface area (Å²) in [6.45, 7) is 0. The molecule has 10 nitrogen and oxygen atoms in total. The number of nitriles is 2. The molecule has 0 aliphatic carbocycles. The maximum absolute atomic E-state index is 11.4. The molecule has 2 aromatic carbocycles. The van der Waals surface area contributed by atoms with Crippen LogP contribution in [0.5, 0.6) is 11.5 Å². The van der Waals surface area contributed by atoms with Gasteiger partial charge in [-0.3, -0.25) is 9.59 Å². The lowest BCUT2D eigenvalue weighted by Crippen LogP contribution is -2.21. The first kappa shape index (κ1) is 29.8. The zero-order valence-electron chi connectivity index (χ0n) is 20.0. The van der Waals surface area contributed by atoms with Crippen LogP contribution in [0.3, 0.4) is 0 Å². The van der Waals surface area contributed by atoms with Crippen LogP contribution in [0, 0.1) is 22.7 Å². The molecule has 0 saturated carbocycles. The summed E-state index contributed by atoms with van der Waals surface area (Å²) in [6.07, 6.45) is 0. The van der Waals surface area contributed by atoms with E-state index in [1.54, 1.807) is 74.9 Å². The van der Waals surface area contributed by atoms with Gasteiger partial charge in [0.15, 0.2) is 0 Å². The maximum atomic E-state index is 11.4. The topological polar surface area (TPSA) is 148 Å². The first-order valence-corrected chi connectivity index (χ1v) is 11.1. The van der Waals surface area contributed by atoms with Gasteiger partial charge in [-0.25, -0.2) is 0 Å². The quantitative estimate of drug-likeness (QED) is 0.175. The van der Waals surface area contributed by atoms with Gasteiger partial charge in [-0.2, -0.15) is 10.5 Å². The molecular weight excluding hydrogens is 500 g/mol. The van der Waals surface area contributed by atoms with E-state index >= 15 is 0 Å². The van der Waals surface area contributed by atoms with E-state index in [-0.39, 0.29) is 21.2 Å². The number of benzene rings is 2. The number of rotatable bonds is 8. The van der Waals surface area contributed by atoms with Crippen LogP contribution in [0.1, 0.15) is 0 Å². The molecule has 0 bridgehead atoms. The van der Waals surface area contributed by atoms with E-state index in [0.29, 0.717) is 11.4 Å². The van der Waals surface area contributed by atoms with E-state index in [1.807, 2.05) is 0 Å². The van der Waals surface area contributed by atoms with E-state index in [2.05, 4.69) is 46.5 Å². The lowest BCUT2D eigenvalue weighted by Gasteiger charge is -2.08. The zero-order valence-corrected chi connectivity index (χ0v) is 21.8. The summed E-state index contributed by atoms with van der Waals surface area (Å²) in [5.74, 6) is 0.473. The van der Waals surface area contributed by atoms with Gasteiger partial charge in [-0.1, -0.05) is 0 Å². The number of ether oxygens (including phenoxy) is 2. The fourth-order valence-corrected chi connectivity index (χ4v) is 2.98. The molecule has 36 heavy (non-hydrogen) atoms. The highest BCUT2D eigenvalue weighted by Crippen LogP contribution is 2.20. The van der Waals surface area contributed by atoms with Gasteiger partial charge >= 0.3 is 0 Å². The molecule has 2 rings (SSSR count). The van der Waals surface area contributed by atoms with E-state index in [4.69, 9.17) is 20.0 Å². The Morgan fingerprint density at radius 1 is 0.694 bits per heavy atom. The molecule has 0 spiro atoms. The molecule has 0 atom stereocenters. The fraction of sp³-hybridized carbons (Fsp3) is 0.167. The van der Waals surface area contributed by atoms with Crippen molar-refractivity contribution in [2.45, 2.75) is 0 Å². The summed E-state index contributed by atoms with van der Waals surface area (Å²) in [5.41, 5.74) is 1.27. The van der Waals surface area contributed by atoms with E-state index in [0.717, 1.165) is 11.5 Å². The number of carbonyl (C=O) groups excluding carboxylic acids is 2. The summed E-state index contributed by atoms with van der Waals surface area (Å²) < 4.78 is 10.0. The SMILES string of the molecule is CNC(=O)/C(C#N)=C(\S)Nc1ccc(OC)cc1.CNC(=O)/C(C#N)=C(\S)Nc1ccc(OC)cc1. The second-order valence-electron chi connectivity index (χ2n) is 6.54. The third-order valence-electron chi connectivity index (χ3n) is 4.31. The third-order valence-corrected chi connectivity index (χ3v) is 4.98. The second kappa shape index (κ2) is 15.6. The average molecular weight is 527 g/mol. The van der Waals surface area contributed by atoms with Crippen LogP contribution >= 0.6 is 25.3 Å². The van der Waals surface area contributed by atoms with Gasteiger partial charge in [-0.15, -0.1) is 25.3 Å². The van der Waals surface area contributed by atoms with Crippen molar-refractivity contribution in [1.82, 2.24) is 10.6 Å². The van der Waals surface area contributed by atoms with Crippen molar-refractivity contribution in [2.75, 3.05) is 38.9 Å². The number of anilines is 2. The minimum absolute atomic E-state index is 0.0725. The van der Waals surface area contributed by atoms with Crippen LogP contribution in [0.4, 0.5) is 11.4 Å². The number of likely N-dealkylation sites (N-methyl/N-ethyl adjacent to an activating group) is 2. The predicted molar refractivity (Wildman–Crippen MR) is 145 cm³/mol. The maximum Gasteiger partial charge on any atom is 0.264 e. The molecule has 188 valence electrons. The molecule has 4 N–H and O–H groups in total. The second-order valence-corrected chi connectivity index (χ2v) is 7.43. The van der Waals surface area contributed by atoms with Crippen molar-refractivity contribution in [3.8, 4) is 23.6 Å². The highest BCUT2D eigenvalue weighted by Gasteiger charge is 2.12. The Hall–Kier alpha value is -4.26. The van der Waals surface area contributed by atoms with Crippen LogP contribution in [-0.4, -0.2) is 40.1 Å². The minimum Gasteiger partial charge on any atom is -0.497 e. The molecule has 2 aromatic rings. The fourth-order valence-electron chi connectivity index (χ4n) is 2.42. The molecule has 0 fully saturated rings. The van der Waals surface area contributed by atoms with Crippen molar-refractivity contribution in [2.24, 2.45) is 0 Å². The molecule has 2 amide bonds. The minimum atomic E-state index is -0.483. The molecule has 0 radical (unpaired) electrons. The molecular formula is C24H26N6O4S2. The number of methoxy groups -OCH3 is 2. The smallest absolute Gasteiger partial charge is 0.264 e. The molecule has 12 heteroatoms. The Kier molecular flexibility index (Phi) is 12.9. The number of nitrogens with zero attached hydrogens (tertiary/aromatic N) is 2. The van der Waals surface area contributed by atoms with Gasteiger partial charge in [-0.05, 0) is 48.5 Å². The summed E-state index contributed by atoms with van der Waals surface area (Å²) >= 11 is 8.23. The lowest BCUT2D eigenvalue weighted by atomic mass is 10.2. The van der Waals surface area contributed by atoms with E-state index in [1.165, 1.54) is 14.1 Å². The Bertz CT molecular complexity index is 1100. The van der Waals surface area contributed by atoms with Crippen LogP contribution < -0.4 is 30.7 Å². The van der Waals surface area contributed by atoms with Gasteiger partial charge in [0.1, 0.15) is 34.8 Å². The molecule has 0 unspecified atom stereocenters. The van der Waals surface area contributed by atoms with Crippen LogP contribution in [0.15, 0.2) is 69.7 Å². The molecule has 0 aliphatic rings. The van der Waals surface area contributed by atoms with Gasteiger partial charge in [0.25, 0.3) is 11.8 Å². The monoisotopic (exact) mass is 526 g/mol.